The number of hydrogen-bond acceptors (Lipinski definition) is 4. The van der Waals surface area contributed by atoms with Crippen LogP contribution in [0, 0.1) is 10.1 Å². The normalized spacial score (nSPS) is 10.0. The van der Waals surface area contributed by atoms with E-state index in [1.54, 1.807) is 0 Å². The topological polar surface area (TPSA) is 82.0 Å². The maximum atomic E-state index is 10.7. The van der Waals surface area contributed by atoms with Gasteiger partial charge in [-0.25, -0.2) is 0 Å². The molecule has 1 aromatic carbocycles. The number of nitrogen functional groups attached to an aromatic ring is 1. The highest BCUT2D eigenvalue weighted by Crippen LogP contribution is 2.31. The molecule has 80 valence electrons. The van der Waals surface area contributed by atoms with E-state index in [1.807, 2.05) is 30.3 Å². The van der Waals surface area contributed by atoms with Gasteiger partial charge in [-0.15, -0.1) is 0 Å². The zero-order valence-electron chi connectivity index (χ0n) is 8.33. The van der Waals surface area contributed by atoms with Crippen LogP contribution in [0.25, 0.3) is 11.1 Å². The standard InChI is InChI=1S/C11H9N3O2/c12-11-9(8-4-2-1-3-5-8)6-13-7-10(11)14(15)16/h1-7H,(H2,12,13). The van der Waals surface area contributed by atoms with E-state index in [0.29, 0.717) is 5.56 Å². The van der Waals surface area contributed by atoms with Crippen molar-refractivity contribution in [2.75, 3.05) is 5.73 Å². The highest BCUT2D eigenvalue weighted by molar-refractivity contribution is 5.81. The van der Waals surface area contributed by atoms with E-state index in [4.69, 9.17) is 5.73 Å². The molecule has 0 saturated carbocycles. The summed E-state index contributed by atoms with van der Waals surface area (Å²) in [5.74, 6) is 0. The minimum absolute atomic E-state index is 0.145. The van der Waals surface area contributed by atoms with Crippen LogP contribution in [0.1, 0.15) is 0 Å². The van der Waals surface area contributed by atoms with Crippen molar-refractivity contribution in [2.24, 2.45) is 0 Å². The molecule has 0 fully saturated rings. The summed E-state index contributed by atoms with van der Waals surface area (Å²) in [6, 6.07) is 9.21. The van der Waals surface area contributed by atoms with Gasteiger partial charge in [-0.05, 0) is 5.56 Å². The highest BCUT2D eigenvalue weighted by Gasteiger charge is 2.15. The first-order valence-corrected chi connectivity index (χ1v) is 4.63. The van der Waals surface area contributed by atoms with Gasteiger partial charge in [0, 0.05) is 11.8 Å². The van der Waals surface area contributed by atoms with Crippen LogP contribution in [0.4, 0.5) is 11.4 Å². The molecule has 0 aliphatic heterocycles. The van der Waals surface area contributed by atoms with Crippen LogP contribution >= 0.6 is 0 Å². The Morgan fingerprint density at radius 3 is 2.50 bits per heavy atom. The van der Waals surface area contributed by atoms with Gasteiger partial charge >= 0.3 is 5.69 Å². The number of hydrogen-bond donors (Lipinski definition) is 1. The monoisotopic (exact) mass is 215 g/mol. The van der Waals surface area contributed by atoms with Crippen LogP contribution in [0.2, 0.25) is 0 Å². The molecule has 5 heteroatoms. The first-order chi connectivity index (χ1) is 7.70. The fourth-order valence-corrected chi connectivity index (χ4v) is 1.45. The molecule has 1 aromatic heterocycles. The Labute approximate surface area is 91.7 Å². The smallest absolute Gasteiger partial charge is 0.310 e. The fraction of sp³-hybridized carbons (Fsp3) is 0. The second-order valence-corrected chi connectivity index (χ2v) is 3.24. The lowest BCUT2D eigenvalue weighted by atomic mass is 10.1. The summed E-state index contributed by atoms with van der Waals surface area (Å²) in [6.07, 6.45) is 2.68. The average molecular weight is 215 g/mol. The molecule has 2 aromatic rings. The van der Waals surface area contributed by atoms with Gasteiger partial charge in [0.05, 0.1) is 4.92 Å². The number of nitrogens with two attached hydrogens (primary N) is 1. The minimum Gasteiger partial charge on any atom is -0.393 e. The number of rotatable bonds is 2. The molecule has 1 heterocycles. The third kappa shape index (κ3) is 1.70. The van der Waals surface area contributed by atoms with Crippen LogP contribution < -0.4 is 5.73 Å². The Morgan fingerprint density at radius 1 is 1.19 bits per heavy atom. The first kappa shape index (κ1) is 10.1. The van der Waals surface area contributed by atoms with Crippen molar-refractivity contribution < 1.29 is 4.92 Å². The van der Waals surface area contributed by atoms with Crippen LogP contribution in [0.3, 0.4) is 0 Å². The SMILES string of the molecule is Nc1c(-c2ccccc2)cncc1[N+](=O)[O-]. The van der Waals surface area contributed by atoms with Crippen molar-refractivity contribution in [1.82, 2.24) is 4.98 Å². The lowest BCUT2D eigenvalue weighted by Crippen LogP contribution is -1.98. The molecule has 16 heavy (non-hydrogen) atoms. The number of aromatic nitrogens is 1. The van der Waals surface area contributed by atoms with E-state index < -0.39 is 4.92 Å². The maximum absolute atomic E-state index is 10.7. The number of benzene rings is 1. The number of pyridine rings is 1. The van der Waals surface area contributed by atoms with E-state index in [0.717, 1.165) is 11.8 Å². The van der Waals surface area contributed by atoms with Gasteiger partial charge in [-0.3, -0.25) is 15.1 Å². The third-order valence-electron chi connectivity index (χ3n) is 2.25. The Morgan fingerprint density at radius 2 is 1.88 bits per heavy atom. The number of anilines is 1. The van der Waals surface area contributed by atoms with Gasteiger partial charge in [0.15, 0.2) is 0 Å². The first-order valence-electron chi connectivity index (χ1n) is 4.63. The summed E-state index contributed by atoms with van der Waals surface area (Å²) in [7, 11) is 0. The van der Waals surface area contributed by atoms with Gasteiger partial charge in [0.25, 0.3) is 0 Å². The summed E-state index contributed by atoms with van der Waals surface area (Å²) in [6.45, 7) is 0. The van der Waals surface area contributed by atoms with Crippen molar-refractivity contribution in [1.29, 1.82) is 0 Å². The Bertz CT molecular complexity index is 526. The molecule has 0 aliphatic carbocycles. The molecule has 5 nitrogen and oxygen atoms in total. The quantitative estimate of drug-likeness (QED) is 0.615. The van der Waals surface area contributed by atoms with Crippen molar-refractivity contribution in [3.63, 3.8) is 0 Å². The molecule has 0 radical (unpaired) electrons. The molecule has 0 bridgehead atoms. The molecule has 0 saturated heterocycles. The van der Waals surface area contributed by atoms with Crippen molar-refractivity contribution in [3.05, 3.63) is 52.8 Å². The molecular weight excluding hydrogens is 206 g/mol. The summed E-state index contributed by atoms with van der Waals surface area (Å²) >= 11 is 0. The van der Waals surface area contributed by atoms with Gasteiger partial charge in [0.2, 0.25) is 0 Å². The summed E-state index contributed by atoms with van der Waals surface area (Å²) < 4.78 is 0. The highest BCUT2D eigenvalue weighted by atomic mass is 16.6. The molecule has 2 N–H and O–H groups in total. The Kier molecular flexibility index (Phi) is 2.51. The van der Waals surface area contributed by atoms with E-state index in [9.17, 15) is 10.1 Å². The van der Waals surface area contributed by atoms with Crippen molar-refractivity contribution in [3.8, 4) is 11.1 Å². The lowest BCUT2D eigenvalue weighted by molar-refractivity contribution is -0.384. The molecule has 0 atom stereocenters. The van der Waals surface area contributed by atoms with E-state index in [2.05, 4.69) is 4.98 Å². The fourth-order valence-electron chi connectivity index (χ4n) is 1.45. The molecule has 0 unspecified atom stereocenters. The Hall–Kier alpha value is -2.43. The molecule has 2 rings (SSSR count). The van der Waals surface area contributed by atoms with Crippen LogP contribution in [-0.2, 0) is 0 Å². The van der Waals surface area contributed by atoms with E-state index in [-0.39, 0.29) is 11.4 Å². The van der Waals surface area contributed by atoms with Crippen LogP contribution in [0.15, 0.2) is 42.7 Å². The molecule has 0 spiro atoms. The minimum atomic E-state index is -0.533. The second-order valence-electron chi connectivity index (χ2n) is 3.24. The lowest BCUT2D eigenvalue weighted by Gasteiger charge is -2.04. The number of nitrogens with zero attached hydrogens (tertiary/aromatic N) is 2. The van der Waals surface area contributed by atoms with Gasteiger partial charge in [-0.1, -0.05) is 30.3 Å². The van der Waals surface area contributed by atoms with Crippen LogP contribution in [0.5, 0.6) is 0 Å². The maximum Gasteiger partial charge on any atom is 0.310 e. The van der Waals surface area contributed by atoms with Crippen molar-refractivity contribution in [2.45, 2.75) is 0 Å². The zero-order valence-corrected chi connectivity index (χ0v) is 8.33. The van der Waals surface area contributed by atoms with Gasteiger partial charge < -0.3 is 5.73 Å². The molecule has 0 aliphatic rings. The molecular formula is C11H9N3O2. The van der Waals surface area contributed by atoms with E-state index >= 15 is 0 Å². The van der Waals surface area contributed by atoms with Crippen LogP contribution in [-0.4, -0.2) is 9.91 Å². The summed E-state index contributed by atoms with van der Waals surface area (Å²) in [5, 5.41) is 10.7. The Balaban J connectivity index is 2.59. The summed E-state index contributed by atoms with van der Waals surface area (Å²) in [5.41, 5.74) is 7.11. The van der Waals surface area contributed by atoms with Gasteiger partial charge in [0.1, 0.15) is 11.9 Å². The van der Waals surface area contributed by atoms with E-state index in [1.165, 1.54) is 6.20 Å². The van der Waals surface area contributed by atoms with Crippen molar-refractivity contribution >= 4 is 11.4 Å². The largest absolute Gasteiger partial charge is 0.393 e. The number of nitro groups is 1. The zero-order chi connectivity index (χ0) is 11.5. The predicted molar refractivity (Wildman–Crippen MR) is 60.7 cm³/mol. The second kappa shape index (κ2) is 3.98. The summed E-state index contributed by atoms with van der Waals surface area (Å²) in [4.78, 5) is 14.0. The van der Waals surface area contributed by atoms with Gasteiger partial charge in [-0.2, -0.15) is 0 Å². The predicted octanol–water partition coefficient (Wildman–Crippen LogP) is 2.24. The molecule has 0 amide bonds. The third-order valence-corrected chi connectivity index (χ3v) is 2.25. The average Bonchev–Trinajstić information content (AvgIpc) is 2.30.